The van der Waals surface area contributed by atoms with Crippen molar-refractivity contribution < 1.29 is 18.7 Å². The SMILES string of the molecule is COC(=O)[C@H]1CC[C@]2(C=[C]([Sn]([CH3])([CH3])[CH3])CO2)[C@@H]1c1ccc(F)cc1. The zero-order chi connectivity index (χ0) is 17.5. The zero-order valence-corrected chi connectivity index (χ0v) is 17.6. The van der Waals surface area contributed by atoms with Crippen LogP contribution in [0.15, 0.2) is 33.9 Å². The molecule has 0 bridgehead atoms. The number of esters is 1. The quantitative estimate of drug-likeness (QED) is 0.527. The molecule has 1 aromatic rings. The molecule has 1 spiro atoms. The molecule has 1 aliphatic heterocycles. The molecule has 0 N–H and O–H groups in total. The van der Waals surface area contributed by atoms with Crippen LogP contribution in [-0.2, 0) is 14.3 Å². The van der Waals surface area contributed by atoms with Gasteiger partial charge in [-0.1, -0.05) is 0 Å². The van der Waals surface area contributed by atoms with Crippen LogP contribution in [0.4, 0.5) is 4.39 Å². The van der Waals surface area contributed by atoms with E-state index in [0.29, 0.717) is 6.61 Å². The van der Waals surface area contributed by atoms with Gasteiger partial charge in [0.2, 0.25) is 0 Å². The number of hydrogen-bond donors (Lipinski definition) is 0. The van der Waals surface area contributed by atoms with Gasteiger partial charge in [-0.2, -0.15) is 0 Å². The van der Waals surface area contributed by atoms with Gasteiger partial charge in [0.1, 0.15) is 0 Å². The van der Waals surface area contributed by atoms with Crippen LogP contribution in [0, 0.1) is 11.7 Å². The molecule has 2 aliphatic rings. The summed E-state index contributed by atoms with van der Waals surface area (Å²) in [6.07, 6.45) is 3.85. The number of carbonyl (C=O) groups excluding carboxylic acids is 1. The Labute approximate surface area is 147 Å². The van der Waals surface area contributed by atoms with E-state index in [1.807, 2.05) is 0 Å². The van der Waals surface area contributed by atoms with Crippen molar-refractivity contribution in [3.8, 4) is 0 Å². The van der Waals surface area contributed by atoms with Gasteiger partial charge in [0.25, 0.3) is 0 Å². The molecule has 0 unspecified atom stereocenters. The summed E-state index contributed by atoms with van der Waals surface area (Å²) in [7, 11) is 1.43. The molecule has 0 amide bonds. The van der Waals surface area contributed by atoms with E-state index in [-0.39, 0.29) is 23.6 Å². The van der Waals surface area contributed by atoms with Gasteiger partial charge in [-0.25, -0.2) is 0 Å². The summed E-state index contributed by atoms with van der Waals surface area (Å²) < 4.78 is 26.2. The van der Waals surface area contributed by atoms with Crippen LogP contribution in [0.3, 0.4) is 0 Å². The number of rotatable bonds is 3. The molecule has 3 atom stereocenters. The Kier molecular flexibility index (Phi) is 4.82. The zero-order valence-electron chi connectivity index (χ0n) is 14.8. The molecule has 1 aromatic carbocycles. The molecular weight excluding hydrogens is 414 g/mol. The Bertz CT molecular complexity index is 662. The van der Waals surface area contributed by atoms with Crippen LogP contribution < -0.4 is 0 Å². The number of ether oxygens (including phenoxy) is 2. The average Bonchev–Trinajstić information content (AvgIpc) is 3.13. The summed E-state index contributed by atoms with van der Waals surface area (Å²) in [5.41, 5.74) is 0.502. The third-order valence-electron chi connectivity index (χ3n) is 5.39. The second-order valence-electron chi connectivity index (χ2n) is 7.86. The van der Waals surface area contributed by atoms with Crippen molar-refractivity contribution in [1.82, 2.24) is 0 Å². The van der Waals surface area contributed by atoms with Gasteiger partial charge in [-0.3, -0.25) is 0 Å². The minimum atomic E-state index is -2.21. The molecular formula is C19H25FO3Sn. The number of carbonyl (C=O) groups is 1. The van der Waals surface area contributed by atoms with Gasteiger partial charge in [-0.15, -0.1) is 0 Å². The Balaban J connectivity index is 2.04. The van der Waals surface area contributed by atoms with Crippen LogP contribution >= 0.6 is 0 Å². The first-order valence-corrected chi connectivity index (χ1v) is 18.5. The van der Waals surface area contributed by atoms with Crippen LogP contribution in [0.5, 0.6) is 0 Å². The molecule has 3 rings (SSSR count). The summed E-state index contributed by atoms with van der Waals surface area (Å²) in [5.74, 6) is -0.830. The molecule has 130 valence electrons. The van der Waals surface area contributed by atoms with Crippen molar-refractivity contribution in [2.24, 2.45) is 5.92 Å². The summed E-state index contributed by atoms with van der Waals surface area (Å²) in [6, 6.07) is 6.47. The van der Waals surface area contributed by atoms with E-state index in [4.69, 9.17) is 9.47 Å². The fourth-order valence-electron chi connectivity index (χ4n) is 3.98. The second kappa shape index (κ2) is 6.45. The van der Waals surface area contributed by atoms with Gasteiger partial charge in [0.05, 0.1) is 0 Å². The average molecular weight is 439 g/mol. The van der Waals surface area contributed by atoms with Crippen molar-refractivity contribution >= 4 is 24.3 Å². The fourth-order valence-corrected chi connectivity index (χ4v) is 7.36. The first-order valence-electron chi connectivity index (χ1n) is 8.46. The molecule has 24 heavy (non-hydrogen) atoms. The Morgan fingerprint density at radius 3 is 2.50 bits per heavy atom. The molecule has 1 fully saturated rings. The standard InChI is InChI=1S/C16H16FO3.3CH3.Sn/c1-19-15(18)13-7-9-16(8-2-10-20-16)14(13)11-3-5-12(17)6-4-11;;;;/h3-6,8,13-14H,7,9-10H2,1H3;3*1H3;/t13-,14+,16+;;;;/m0..../s1. The van der Waals surface area contributed by atoms with Gasteiger partial charge < -0.3 is 0 Å². The monoisotopic (exact) mass is 440 g/mol. The van der Waals surface area contributed by atoms with Crippen molar-refractivity contribution in [1.29, 1.82) is 0 Å². The van der Waals surface area contributed by atoms with E-state index >= 15 is 0 Å². The van der Waals surface area contributed by atoms with Crippen LogP contribution in [-0.4, -0.2) is 43.7 Å². The molecule has 0 radical (unpaired) electrons. The topological polar surface area (TPSA) is 35.5 Å². The third-order valence-corrected chi connectivity index (χ3v) is 11.7. The van der Waals surface area contributed by atoms with E-state index in [0.717, 1.165) is 18.4 Å². The Morgan fingerprint density at radius 2 is 1.96 bits per heavy atom. The van der Waals surface area contributed by atoms with E-state index < -0.39 is 24.0 Å². The molecule has 0 saturated heterocycles. The predicted octanol–water partition coefficient (Wildman–Crippen LogP) is 4.07. The molecule has 1 heterocycles. The summed E-state index contributed by atoms with van der Waals surface area (Å²) >= 11 is -2.21. The van der Waals surface area contributed by atoms with Crippen molar-refractivity contribution in [3.63, 3.8) is 0 Å². The Hall–Kier alpha value is -0.881. The molecule has 5 heteroatoms. The second-order valence-corrected chi connectivity index (χ2v) is 22.5. The summed E-state index contributed by atoms with van der Waals surface area (Å²) in [4.78, 5) is 19.5. The van der Waals surface area contributed by atoms with Gasteiger partial charge >= 0.3 is 147 Å². The number of hydrogen-bond acceptors (Lipinski definition) is 3. The molecule has 0 aromatic heterocycles. The van der Waals surface area contributed by atoms with Crippen molar-refractivity contribution in [3.05, 3.63) is 45.3 Å². The molecule has 3 nitrogen and oxygen atoms in total. The van der Waals surface area contributed by atoms with Crippen molar-refractivity contribution in [2.45, 2.75) is 39.2 Å². The van der Waals surface area contributed by atoms with E-state index in [2.05, 4.69) is 20.9 Å². The van der Waals surface area contributed by atoms with E-state index in [1.165, 1.54) is 22.8 Å². The minimum absolute atomic E-state index is 0.114. The van der Waals surface area contributed by atoms with Crippen LogP contribution in [0.1, 0.15) is 24.3 Å². The van der Waals surface area contributed by atoms with Gasteiger partial charge in [-0.05, 0) is 0 Å². The first-order chi connectivity index (χ1) is 11.3. The third kappa shape index (κ3) is 3.15. The van der Waals surface area contributed by atoms with Gasteiger partial charge in [0.15, 0.2) is 0 Å². The fraction of sp³-hybridized carbons (Fsp3) is 0.526. The van der Waals surface area contributed by atoms with E-state index in [9.17, 15) is 9.18 Å². The maximum atomic E-state index is 13.4. The Morgan fingerprint density at radius 1 is 1.29 bits per heavy atom. The first kappa shape index (κ1) is 17.9. The van der Waals surface area contributed by atoms with E-state index in [1.54, 1.807) is 12.1 Å². The summed E-state index contributed by atoms with van der Waals surface area (Å²) in [5, 5.41) is 0. The predicted molar refractivity (Wildman–Crippen MR) is 94.0 cm³/mol. The number of halogens is 1. The summed E-state index contributed by atoms with van der Waals surface area (Å²) in [6.45, 7) is 0.672. The molecule has 1 saturated carbocycles. The number of benzene rings is 1. The van der Waals surface area contributed by atoms with Crippen LogP contribution in [0.25, 0.3) is 0 Å². The molecule has 1 aliphatic carbocycles. The normalized spacial score (nSPS) is 29.8. The maximum absolute atomic E-state index is 13.4. The van der Waals surface area contributed by atoms with Gasteiger partial charge in [0, 0.05) is 0 Å². The number of methoxy groups -OCH3 is 1. The van der Waals surface area contributed by atoms with Crippen LogP contribution in [0.2, 0.25) is 14.8 Å². The van der Waals surface area contributed by atoms with Crippen molar-refractivity contribution in [2.75, 3.05) is 13.7 Å².